The Hall–Kier alpha value is -2.22. The molecule has 1 fully saturated rings. The molecule has 3 N–H and O–H groups in total. The summed E-state index contributed by atoms with van der Waals surface area (Å²) >= 11 is 0. The lowest BCUT2D eigenvalue weighted by Gasteiger charge is -2.45. The number of aliphatic hydroxyl groups excluding tert-OH is 3. The van der Waals surface area contributed by atoms with Crippen LogP contribution < -0.4 is 14.2 Å². The molecule has 0 amide bonds. The van der Waals surface area contributed by atoms with Gasteiger partial charge in [0.25, 0.3) is 0 Å². The fourth-order valence-electron chi connectivity index (χ4n) is 5.49. The highest BCUT2D eigenvalue weighted by molar-refractivity contribution is 5.57. The van der Waals surface area contributed by atoms with E-state index in [-0.39, 0.29) is 18.5 Å². The molecule has 1 saturated carbocycles. The van der Waals surface area contributed by atoms with E-state index in [0.29, 0.717) is 23.7 Å². The van der Waals surface area contributed by atoms with Gasteiger partial charge in [-0.15, -0.1) is 6.58 Å². The van der Waals surface area contributed by atoms with Gasteiger partial charge in [0, 0.05) is 18.4 Å². The van der Waals surface area contributed by atoms with Crippen LogP contribution >= 0.6 is 0 Å². The first kappa shape index (κ1) is 19.1. The highest BCUT2D eigenvalue weighted by Crippen LogP contribution is 2.65. The number of hydrogen-bond donors (Lipinski definition) is 3. The smallest absolute Gasteiger partial charge is 0.231 e. The molecular formula is C21H26O7. The number of fused-ring (bicyclic) bond motifs is 3. The standard InChI is InChI=1S/C21H26O7/c1-5-6-20-9-13(22)18(23)21(26-4,19(20)24)16(11(20)2)12-7-14(25-3)17-15(8-12)27-10-28-17/h5,7-9,11,16,18-19,22-24H,1,6,10H2,2-4H3/t11-,16+,18-,19+,20-,21+/m1/s1. The maximum absolute atomic E-state index is 11.4. The predicted octanol–water partition coefficient (Wildman–Crippen LogP) is 2.28. The van der Waals surface area contributed by atoms with Gasteiger partial charge in [-0.1, -0.05) is 13.0 Å². The number of aliphatic hydroxyl groups is 3. The van der Waals surface area contributed by atoms with Crippen molar-refractivity contribution >= 4 is 0 Å². The summed E-state index contributed by atoms with van der Waals surface area (Å²) in [6, 6.07) is 3.64. The van der Waals surface area contributed by atoms with Crippen LogP contribution in [-0.2, 0) is 4.74 Å². The molecule has 0 saturated heterocycles. The van der Waals surface area contributed by atoms with Gasteiger partial charge in [0.05, 0.1) is 13.2 Å². The highest BCUT2D eigenvalue weighted by atomic mass is 16.7. The van der Waals surface area contributed by atoms with Crippen LogP contribution in [0, 0.1) is 11.3 Å². The van der Waals surface area contributed by atoms with E-state index >= 15 is 0 Å². The normalized spacial score (nSPS) is 38.2. The molecule has 1 aromatic rings. The lowest BCUT2D eigenvalue weighted by atomic mass is 9.69. The third-order valence-corrected chi connectivity index (χ3v) is 6.79. The summed E-state index contributed by atoms with van der Waals surface area (Å²) in [4.78, 5) is 0. The van der Waals surface area contributed by atoms with Gasteiger partial charge in [-0.25, -0.2) is 0 Å². The van der Waals surface area contributed by atoms with Gasteiger partial charge in [-0.05, 0) is 36.1 Å². The van der Waals surface area contributed by atoms with E-state index in [4.69, 9.17) is 18.9 Å². The zero-order valence-corrected chi connectivity index (χ0v) is 16.2. The molecule has 28 heavy (non-hydrogen) atoms. The van der Waals surface area contributed by atoms with Crippen LogP contribution in [-0.4, -0.2) is 54.1 Å². The first-order valence-corrected chi connectivity index (χ1v) is 9.28. The molecule has 2 bridgehead atoms. The van der Waals surface area contributed by atoms with E-state index < -0.39 is 29.1 Å². The molecular weight excluding hydrogens is 364 g/mol. The fourth-order valence-corrected chi connectivity index (χ4v) is 5.49. The summed E-state index contributed by atoms with van der Waals surface area (Å²) in [6.07, 6.45) is 1.28. The quantitative estimate of drug-likeness (QED) is 0.664. The van der Waals surface area contributed by atoms with Crippen LogP contribution in [0.4, 0.5) is 0 Å². The number of allylic oxidation sites excluding steroid dienone is 1. The number of methoxy groups -OCH3 is 2. The summed E-state index contributed by atoms with van der Waals surface area (Å²) in [5.41, 5.74) is -1.49. The van der Waals surface area contributed by atoms with Crippen molar-refractivity contribution in [3.05, 3.63) is 42.2 Å². The van der Waals surface area contributed by atoms with E-state index in [1.54, 1.807) is 19.3 Å². The van der Waals surface area contributed by atoms with Crippen LogP contribution in [0.25, 0.3) is 0 Å². The Kier molecular flexibility index (Phi) is 4.37. The van der Waals surface area contributed by atoms with Gasteiger partial charge >= 0.3 is 0 Å². The number of rotatable bonds is 5. The second-order valence-electron chi connectivity index (χ2n) is 7.76. The molecule has 0 radical (unpaired) electrons. The zero-order chi connectivity index (χ0) is 20.3. The van der Waals surface area contributed by atoms with Crippen LogP contribution in [0.15, 0.2) is 36.6 Å². The summed E-state index contributed by atoms with van der Waals surface area (Å²) in [6.45, 7) is 5.90. The van der Waals surface area contributed by atoms with E-state index in [2.05, 4.69) is 6.58 Å². The third kappa shape index (κ3) is 2.15. The van der Waals surface area contributed by atoms with Crippen LogP contribution in [0.2, 0.25) is 0 Å². The summed E-state index contributed by atoms with van der Waals surface area (Å²) < 4.78 is 22.3. The van der Waals surface area contributed by atoms with Crippen molar-refractivity contribution in [2.45, 2.75) is 37.1 Å². The average molecular weight is 390 g/mol. The molecule has 4 rings (SSSR count). The largest absolute Gasteiger partial charge is 0.510 e. The number of benzene rings is 1. The van der Waals surface area contributed by atoms with E-state index in [0.717, 1.165) is 5.56 Å². The Labute approximate surface area is 163 Å². The van der Waals surface area contributed by atoms with Crippen molar-refractivity contribution in [1.29, 1.82) is 0 Å². The molecule has 6 atom stereocenters. The van der Waals surface area contributed by atoms with Crippen molar-refractivity contribution in [3.8, 4) is 17.2 Å². The Morgan fingerprint density at radius 3 is 2.68 bits per heavy atom. The lowest BCUT2D eigenvalue weighted by molar-refractivity contribution is -0.177. The first-order valence-electron chi connectivity index (χ1n) is 9.28. The van der Waals surface area contributed by atoms with Crippen LogP contribution in [0.3, 0.4) is 0 Å². The van der Waals surface area contributed by atoms with E-state index in [9.17, 15) is 15.3 Å². The van der Waals surface area contributed by atoms with Crippen molar-refractivity contribution in [1.82, 2.24) is 0 Å². The molecule has 0 aromatic heterocycles. The number of ether oxygens (including phenoxy) is 4. The first-order chi connectivity index (χ1) is 13.4. The Morgan fingerprint density at radius 2 is 2.04 bits per heavy atom. The lowest BCUT2D eigenvalue weighted by Crippen LogP contribution is -2.59. The van der Waals surface area contributed by atoms with Crippen LogP contribution in [0.1, 0.15) is 24.8 Å². The fraction of sp³-hybridized carbons (Fsp3) is 0.524. The van der Waals surface area contributed by atoms with Crippen molar-refractivity contribution in [2.75, 3.05) is 21.0 Å². The highest BCUT2D eigenvalue weighted by Gasteiger charge is 2.71. The minimum absolute atomic E-state index is 0.0960. The Bertz CT molecular complexity index is 834. The molecule has 2 aliphatic carbocycles. The van der Waals surface area contributed by atoms with Gasteiger partial charge in [-0.3, -0.25) is 0 Å². The van der Waals surface area contributed by atoms with Gasteiger partial charge in [0.15, 0.2) is 11.5 Å². The summed E-state index contributed by atoms with van der Waals surface area (Å²) in [5.74, 6) is 0.721. The van der Waals surface area contributed by atoms with Crippen LogP contribution in [0.5, 0.6) is 17.2 Å². The average Bonchev–Trinajstić information content (AvgIpc) is 3.21. The molecule has 152 valence electrons. The second-order valence-corrected chi connectivity index (χ2v) is 7.76. The maximum Gasteiger partial charge on any atom is 0.231 e. The maximum atomic E-state index is 11.4. The molecule has 0 unspecified atom stereocenters. The molecule has 7 nitrogen and oxygen atoms in total. The third-order valence-electron chi connectivity index (χ3n) is 6.79. The van der Waals surface area contributed by atoms with Gasteiger partial charge in [0.2, 0.25) is 12.5 Å². The minimum atomic E-state index is -1.43. The second kappa shape index (κ2) is 6.40. The Balaban J connectivity index is 1.94. The van der Waals surface area contributed by atoms with E-state index in [1.165, 1.54) is 7.11 Å². The molecule has 1 aromatic carbocycles. The van der Waals surface area contributed by atoms with Crippen molar-refractivity contribution in [2.24, 2.45) is 11.3 Å². The SMILES string of the molecule is C=CC[C@@]12C=C(O)[C@@H](O)[C@@](OC)([C@H](c3cc(OC)c4c(c3)OCO4)[C@H]1C)[C@H]2O. The molecule has 1 heterocycles. The zero-order valence-electron chi connectivity index (χ0n) is 16.2. The topological polar surface area (TPSA) is 97.6 Å². The molecule has 1 aliphatic heterocycles. The summed E-state index contributed by atoms with van der Waals surface area (Å²) in [7, 11) is 2.98. The predicted molar refractivity (Wildman–Crippen MR) is 101 cm³/mol. The van der Waals surface area contributed by atoms with Gasteiger partial charge in [0.1, 0.15) is 17.5 Å². The molecule has 0 spiro atoms. The minimum Gasteiger partial charge on any atom is -0.510 e. The van der Waals surface area contributed by atoms with E-state index in [1.807, 2.05) is 19.1 Å². The van der Waals surface area contributed by atoms with Gasteiger partial charge in [-0.2, -0.15) is 0 Å². The monoisotopic (exact) mass is 390 g/mol. The summed E-state index contributed by atoms with van der Waals surface area (Å²) in [5, 5.41) is 32.8. The molecule has 7 heteroatoms. The van der Waals surface area contributed by atoms with Crippen molar-refractivity contribution < 1.29 is 34.3 Å². The van der Waals surface area contributed by atoms with Crippen molar-refractivity contribution in [3.63, 3.8) is 0 Å². The molecule has 3 aliphatic rings. The number of hydrogen-bond acceptors (Lipinski definition) is 7. The van der Waals surface area contributed by atoms with Gasteiger partial charge < -0.3 is 34.3 Å². The Morgan fingerprint density at radius 1 is 1.29 bits per heavy atom.